The summed E-state index contributed by atoms with van der Waals surface area (Å²) in [7, 11) is -4.66. The van der Waals surface area contributed by atoms with Gasteiger partial charge in [-0.2, -0.15) is 0 Å². The average Bonchev–Trinajstić information content (AvgIpc) is 3.22. The summed E-state index contributed by atoms with van der Waals surface area (Å²) in [4.78, 5) is 40.2. The lowest BCUT2D eigenvalue weighted by atomic mass is 9.89. The zero-order chi connectivity index (χ0) is 43.2. The van der Waals surface area contributed by atoms with Gasteiger partial charge in [-0.1, -0.05) is 54.6 Å². The first-order valence-corrected chi connectivity index (χ1v) is 20.3. The second kappa shape index (κ2) is 17.1. The van der Waals surface area contributed by atoms with Gasteiger partial charge in [-0.05, 0) is 59.2 Å². The molecular formula is C41H40FNO16S. The Balaban J connectivity index is 1.30. The van der Waals surface area contributed by atoms with Crippen LogP contribution in [-0.2, 0) is 28.9 Å². The summed E-state index contributed by atoms with van der Waals surface area (Å²) in [5, 5.41) is 80.4. The van der Waals surface area contributed by atoms with Crippen molar-refractivity contribution in [3.8, 4) is 16.9 Å². The molecule has 19 heteroatoms. The molecule has 8 N–H and O–H groups in total. The van der Waals surface area contributed by atoms with E-state index in [1.54, 1.807) is 30.3 Å². The SMILES string of the molecule is O=C(CS(=O)(=O)[C@H]1C(=O)N(c2ccccc2)[C@@H]1c1ccc(-c2ccc(C3O[C@H](CO)[C@@H](O)[C@H](O)[C@H]3O)cc2)cc1O[C@@H]1OC(C(=O)O)[C@@H](O)C(O)C1O)c1ccc(F)cc1. The Morgan fingerprint density at radius 2 is 1.38 bits per heavy atom. The Kier molecular flexibility index (Phi) is 12.2. The fraction of sp³-hybridized carbons (Fsp3) is 0.341. The maximum absolute atomic E-state index is 14.1. The number of nitrogens with zero attached hydrogens (tertiary/aromatic N) is 1. The topological polar surface area (TPSA) is 278 Å². The van der Waals surface area contributed by atoms with Crippen LogP contribution in [0.4, 0.5) is 10.1 Å². The Hall–Kier alpha value is -5.19. The highest BCUT2D eigenvalue weighted by atomic mass is 32.2. The van der Waals surface area contributed by atoms with Crippen LogP contribution in [0.15, 0.2) is 97.1 Å². The number of para-hydroxylation sites is 1. The van der Waals surface area contributed by atoms with Crippen LogP contribution in [0.2, 0.25) is 0 Å². The molecule has 4 unspecified atom stereocenters. The van der Waals surface area contributed by atoms with Crippen LogP contribution in [0.1, 0.15) is 33.6 Å². The summed E-state index contributed by atoms with van der Waals surface area (Å²) in [6, 6.07) is 21.2. The van der Waals surface area contributed by atoms with Crippen LogP contribution in [-0.4, -0.2) is 140 Å². The number of halogens is 1. The molecular weight excluding hydrogens is 814 g/mol. The number of carboxylic acid groups (broad SMARTS) is 1. The fourth-order valence-electron chi connectivity index (χ4n) is 7.56. The predicted octanol–water partition coefficient (Wildman–Crippen LogP) is 0.0328. The van der Waals surface area contributed by atoms with E-state index in [0.717, 1.165) is 29.2 Å². The minimum atomic E-state index is -4.66. The number of ether oxygens (including phenoxy) is 3. The highest BCUT2D eigenvalue weighted by Gasteiger charge is 2.57. The smallest absolute Gasteiger partial charge is 0.335 e. The molecule has 3 aliphatic rings. The van der Waals surface area contributed by atoms with Gasteiger partial charge in [0, 0.05) is 16.8 Å². The highest BCUT2D eigenvalue weighted by molar-refractivity contribution is 7.93. The third kappa shape index (κ3) is 8.04. The molecule has 318 valence electrons. The zero-order valence-corrected chi connectivity index (χ0v) is 32.0. The van der Waals surface area contributed by atoms with E-state index < -0.39 is 118 Å². The third-order valence-corrected chi connectivity index (χ3v) is 12.7. The van der Waals surface area contributed by atoms with Crippen molar-refractivity contribution in [2.24, 2.45) is 0 Å². The number of anilines is 1. The van der Waals surface area contributed by atoms with Gasteiger partial charge in [0.1, 0.15) is 66.2 Å². The molecule has 0 bridgehead atoms. The van der Waals surface area contributed by atoms with Gasteiger partial charge in [0.05, 0.1) is 12.6 Å². The van der Waals surface area contributed by atoms with Crippen molar-refractivity contribution in [2.45, 2.75) is 72.5 Å². The number of aliphatic hydroxyl groups is 7. The van der Waals surface area contributed by atoms with E-state index in [-0.39, 0.29) is 22.6 Å². The first-order chi connectivity index (χ1) is 28.5. The monoisotopic (exact) mass is 853 g/mol. The molecule has 0 radical (unpaired) electrons. The van der Waals surface area contributed by atoms with Gasteiger partial charge >= 0.3 is 5.97 Å². The number of amides is 1. The summed E-state index contributed by atoms with van der Waals surface area (Å²) in [5.74, 6) is -5.59. The summed E-state index contributed by atoms with van der Waals surface area (Å²) < 4.78 is 58.9. The molecule has 3 aliphatic heterocycles. The lowest BCUT2D eigenvalue weighted by Crippen LogP contribution is -2.63. The van der Waals surface area contributed by atoms with Crippen LogP contribution in [0.25, 0.3) is 11.1 Å². The fourth-order valence-corrected chi connectivity index (χ4v) is 9.35. The first kappa shape index (κ1) is 42.9. The minimum absolute atomic E-state index is 0.0220. The van der Waals surface area contributed by atoms with Gasteiger partial charge in [0.25, 0.3) is 0 Å². The average molecular weight is 854 g/mol. The van der Waals surface area contributed by atoms with E-state index in [9.17, 15) is 68.0 Å². The molecule has 3 heterocycles. The van der Waals surface area contributed by atoms with Crippen molar-refractivity contribution in [3.63, 3.8) is 0 Å². The summed E-state index contributed by atoms with van der Waals surface area (Å²) in [6.07, 6.45) is -17.4. The number of hydrogen-bond donors (Lipinski definition) is 8. The second-order valence-electron chi connectivity index (χ2n) is 14.6. The van der Waals surface area contributed by atoms with Gasteiger partial charge in [-0.15, -0.1) is 0 Å². The van der Waals surface area contributed by atoms with Crippen molar-refractivity contribution in [2.75, 3.05) is 17.3 Å². The molecule has 7 rings (SSSR count). The number of carboxylic acids is 1. The molecule has 3 fully saturated rings. The highest BCUT2D eigenvalue weighted by Crippen LogP contribution is 2.47. The number of aliphatic hydroxyl groups excluding tert-OH is 7. The Bertz CT molecular complexity index is 2330. The molecule has 0 aromatic heterocycles. The van der Waals surface area contributed by atoms with Gasteiger partial charge in [-0.25, -0.2) is 17.6 Å². The summed E-state index contributed by atoms with van der Waals surface area (Å²) in [6.45, 7) is -0.641. The van der Waals surface area contributed by atoms with Crippen LogP contribution in [0.5, 0.6) is 5.75 Å². The number of carbonyl (C=O) groups excluding carboxylic acids is 2. The van der Waals surface area contributed by atoms with Crippen molar-refractivity contribution >= 4 is 33.2 Å². The molecule has 1 amide bonds. The van der Waals surface area contributed by atoms with E-state index in [4.69, 9.17) is 14.2 Å². The van der Waals surface area contributed by atoms with Gasteiger partial charge in [-0.3, -0.25) is 9.59 Å². The molecule has 4 aromatic rings. The number of ketones is 1. The number of aliphatic carboxylic acids is 1. The minimum Gasteiger partial charge on any atom is -0.479 e. The molecule has 4 aromatic carbocycles. The molecule has 12 atom stereocenters. The molecule has 17 nitrogen and oxygen atoms in total. The van der Waals surface area contributed by atoms with Gasteiger partial charge < -0.3 is 60.0 Å². The maximum atomic E-state index is 14.1. The maximum Gasteiger partial charge on any atom is 0.335 e. The van der Waals surface area contributed by atoms with Crippen LogP contribution >= 0.6 is 0 Å². The van der Waals surface area contributed by atoms with E-state index in [0.29, 0.717) is 16.7 Å². The van der Waals surface area contributed by atoms with E-state index in [2.05, 4.69) is 0 Å². The predicted molar refractivity (Wildman–Crippen MR) is 205 cm³/mol. The van der Waals surface area contributed by atoms with Crippen molar-refractivity contribution in [3.05, 3.63) is 120 Å². The molecule has 0 spiro atoms. The molecule has 60 heavy (non-hydrogen) atoms. The number of Topliss-reactive ketones (excluding diaryl/α,β-unsaturated/α-hetero) is 1. The van der Waals surface area contributed by atoms with Crippen LogP contribution in [0.3, 0.4) is 0 Å². The number of rotatable bonds is 12. The Morgan fingerprint density at radius 3 is 2.02 bits per heavy atom. The second-order valence-corrected chi connectivity index (χ2v) is 16.7. The Morgan fingerprint density at radius 1 is 0.750 bits per heavy atom. The van der Waals surface area contributed by atoms with Crippen LogP contribution in [0, 0.1) is 5.82 Å². The quantitative estimate of drug-likeness (QED) is 0.0690. The lowest BCUT2D eigenvalue weighted by molar-refractivity contribution is -0.271. The normalized spacial score (nSPS) is 30.7. The molecule has 0 saturated carbocycles. The van der Waals surface area contributed by atoms with E-state index in [1.165, 1.54) is 42.5 Å². The van der Waals surface area contributed by atoms with Gasteiger partial charge in [0.15, 0.2) is 27.0 Å². The number of sulfone groups is 1. The summed E-state index contributed by atoms with van der Waals surface area (Å²) >= 11 is 0. The van der Waals surface area contributed by atoms with Crippen LogP contribution < -0.4 is 9.64 Å². The molecule has 0 aliphatic carbocycles. The van der Waals surface area contributed by atoms with E-state index in [1.807, 2.05) is 0 Å². The zero-order valence-electron chi connectivity index (χ0n) is 31.2. The number of β-lactam (4-membered cyclic amide) rings is 1. The van der Waals surface area contributed by atoms with Crippen molar-refractivity contribution in [1.82, 2.24) is 0 Å². The number of carbonyl (C=O) groups is 3. The molecule has 3 saturated heterocycles. The number of hydrogen-bond acceptors (Lipinski definition) is 15. The van der Waals surface area contributed by atoms with Gasteiger partial charge in [0.2, 0.25) is 12.2 Å². The van der Waals surface area contributed by atoms with Crippen molar-refractivity contribution in [1.29, 1.82) is 0 Å². The van der Waals surface area contributed by atoms with E-state index >= 15 is 0 Å². The third-order valence-electron chi connectivity index (χ3n) is 10.8. The largest absolute Gasteiger partial charge is 0.479 e. The lowest BCUT2D eigenvalue weighted by Gasteiger charge is -2.47. The summed E-state index contributed by atoms with van der Waals surface area (Å²) in [5.41, 5.74) is 1.25. The number of benzene rings is 4. The standard InChI is InChI=1S/C41H40FNO16S/c42-23-13-10-20(11-14-23)26(45)18-60(55,56)38-29(43(39(38)52)24-4-2-1-3-5-24)25-15-12-22(16-27(25)58-41-35(51)32(48)34(50)37(59-41)40(53)54)19-6-8-21(9-7-19)36-33(49)31(47)30(46)28(17-44)57-36/h1-16,28-38,41,44,46-51H,17-18H2,(H,53,54)/t28-,29-,30-,31+,32?,33-,34+,35?,36?,37?,38-,41-/m1/s1. The first-order valence-electron chi connectivity index (χ1n) is 18.5. The Labute approximate surface area is 341 Å². The van der Waals surface area contributed by atoms with Crippen molar-refractivity contribution < 1.29 is 82.3 Å².